The van der Waals surface area contributed by atoms with Crippen molar-refractivity contribution in [1.82, 2.24) is 9.80 Å². The fraction of sp³-hybridized carbons (Fsp3) is 0.579. The highest BCUT2D eigenvalue weighted by atomic mass is 16.2. The van der Waals surface area contributed by atoms with Crippen molar-refractivity contribution in [2.45, 2.75) is 20.4 Å². The van der Waals surface area contributed by atoms with E-state index in [-0.39, 0.29) is 17.7 Å². The summed E-state index contributed by atoms with van der Waals surface area (Å²) >= 11 is 0. The third-order valence-electron chi connectivity index (χ3n) is 5.24. The van der Waals surface area contributed by atoms with Crippen LogP contribution in [0.2, 0.25) is 0 Å². The Morgan fingerprint density at radius 3 is 2.52 bits per heavy atom. The molecule has 122 valence electrons. The van der Waals surface area contributed by atoms with E-state index in [9.17, 15) is 4.79 Å². The molecule has 0 aromatic heterocycles. The Balaban J connectivity index is 1.65. The molecule has 2 heterocycles. The van der Waals surface area contributed by atoms with Crippen molar-refractivity contribution in [2.24, 2.45) is 23.7 Å². The van der Waals surface area contributed by atoms with Crippen molar-refractivity contribution in [3.63, 3.8) is 0 Å². The molecule has 1 amide bonds. The third-order valence-corrected chi connectivity index (χ3v) is 5.24. The van der Waals surface area contributed by atoms with Crippen LogP contribution < -0.4 is 0 Å². The molecule has 1 aromatic carbocycles. The van der Waals surface area contributed by atoms with Crippen LogP contribution in [-0.4, -0.2) is 41.9 Å². The van der Waals surface area contributed by atoms with Crippen molar-refractivity contribution in [3.05, 3.63) is 35.9 Å². The summed E-state index contributed by atoms with van der Waals surface area (Å²) in [6, 6.07) is 12.7. The largest absolute Gasteiger partial charge is 0.340 e. The molecule has 0 aliphatic carbocycles. The lowest BCUT2D eigenvalue weighted by molar-refractivity contribution is -0.142. The summed E-state index contributed by atoms with van der Waals surface area (Å²) in [5.74, 6) is 1.28. The maximum atomic E-state index is 12.8. The highest BCUT2D eigenvalue weighted by Gasteiger charge is 2.43. The molecule has 4 nitrogen and oxygen atoms in total. The lowest BCUT2D eigenvalue weighted by Crippen LogP contribution is -2.52. The highest BCUT2D eigenvalue weighted by molar-refractivity contribution is 5.80. The van der Waals surface area contributed by atoms with Crippen molar-refractivity contribution < 1.29 is 4.79 Å². The highest BCUT2D eigenvalue weighted by Crippen LogP contribution is 2.33. The molecule has 0 spiro atoms. The number of benzene rings is 1. The molecule has 2 aliphatic heterocycles. The van der Waals surface area contributed by atoms with Crippen LogP contribution in [0.25, 0.3) is 0 Å². The van der Waals surface area contributed by atoms with Gasteiger partial charge in [-0.3, -0.25) is 9.69 Å². The predicted octanol–water partition coefficient (Wildman–Crippen LogP) is 2.37. The molecular weight excluding hydrogens is 286 g/mol. The number of rotatable bonds is 4. The first-order valence-electron chi connectivity index (χ1n) is 8.53. The summed E-state index contributed by atoms with van der Waals surface area (Å²) in [5, 5.41) is 8.90. The van der Waals surface area contributed by atoms with Crippen molar-refractivity contribution in [3.8, 4) is 6.07 Å². The molecule has 0 saturated carbocycles. The molecule has 2 aliphatic rings. The maximum Gasteiger partial charge on any atom is 0.227 e. The van der Waals surface area contributed by atoms with Crippen LogP contribution >= 0.6 is 0 Å². The minimum absolute atomic E-state index is 0.0401. The first kappa shape index (κ1) is 16.0. The zero-order valence-electron chi connectivity index (χ0n) is 14.0. The lowest BCUT2D eigenvalue weighted by atomic mass is 9.84. The van der Waals surface area contributed by atoms with Crippen LogP contribution in [0.3, 0.4) is 0 Å². The van der Waals surface area contributed by atoms with Crippen LogP contribution in [0.15, 0.2) is 30.3 Å². The molecular formula is C19H25N3O. The van der Waals surface area contributed by atoms with Crippen LogP contribution in [-0.2, 0) is 11.3 Å². The fourth-order valence-electron chi connectivity index (χ4n) is 3.80. The smallest absolute Gasteiger partial charge is 0.227 e. The van der Waals surface area contributed by atoms with Gasteiger partial charge in [-0.15, -0.1) is 0 Å². The number of nitrogens with zero attached hydrogens (tertiary/aromatic N) is 3. The monoisotopic (exact) mass is 311 g/mol. The minimum Gasteiger partial charge on any atom is -0.340 e. The second kappa shape index (κ2) is 6.72. The van der Waals surface area contributed by atoms with Gasteiger partial charge in [-0.25, -0.2) is 0 Å². The fourth-order valence-corrected chi connectivity index (χ4v) is 3.80. The standard InChI is InChI=1S/C19H25N3O/c1-14(2)17-12-21(9-15-6-4-3-5-7-15)13-18(17)19(23)22-10-16(8-20)11-22/h3-7,14,16-18H,9-13H2,1-2H3. The Hall–Kier alpha value is -1.86. The number of nitriles is 1. The van der Waals surface area contributed by atoms with E-state index in [1.54, 1.807) is 0 Å². The number of hydrogen-bond donors (Lipinski definition) is 0. The van der Waals surface area contributed by atoms with Gasteiger partial charge in [-0.05, 0) is 17.4 Å². The molecule has 3 rings (SSSR count). The summed E-state index contributed by atoms with van der Waals surface area (Å²) in [7, 11) is 0. The summed E-state index contributed by atoms with van der Waals surface area (Å²) in [5.41, 5.74) is 1.30. The van der Waals surface area contributed by atoms with Gasteiger partial charge in [0.2, 0.25) is 5.91 Å². The molecule has 0 radical (unpaired) electrons. The summed E-state index contributed by atoms with van der Waals surface area (Å²) < 4.78 is 0. The normalized spacial score (nSPS) is 25.4. The van der Waals surface area contributed by atoms with Gasteiger partial charge in [0, 0.05) is 32.7 Å². The summed E-state index contributed by atoms with van der Waals surface area (Å²) in [6.07, 6.45) is 0. The van der Waals surface area contributed by atoms with Crippen molar-refractivity contribution >= 4 is 5.91 Å². The quantitative estimate of drug-likeness (QED) is 0.857. The van der Waals surface area contributed by atoms with Gasteiger partial charge in [-0.2, -0.15) is 5.26 Å². The molecule has 2 atom stereocenters. The van der Waals surface area contributed by atoms with E-state index in [0.717, 1.165) is 19.6 Å². The number of amides is 1. The van der Waals surface area contributed by atoms with Crippen LogP contribution in [0, 0.1) is 35.0 Å². The molecule has 2 unspecified atom stereocenters. The van der Waals surface area contributed by atoms with Gasteiger partial charge in [0.1, 0.15) is 0 Å². The van der Waals surface area contributed by atoms with Gasteiger partial charge in [0.15, 0.2) is 0 Å². The van der Waals surface area contributed by atoms with Gasteiger partial charge in [0.05, 0.1) is 17.9 Å². The Labute approximate surface area is 138 Å². The van der Waals surface area contributed by atoms with Gasteiger partial charge in [-0.1, -0.05) is 44.2 Å². The number of carbonyl (C=O) groups is 1. The van der Waals surface area contributed by atoms with Crippen LogP contribution in [0.4, 0.5) is 0 Å². The topological polar surface area (TPSA) is 47.3 Å². The van der Waals surface area contributed by atoms with Crippen molar-refractivity contribution in [1.29, 1.82) is 5.26 Å². The van der Waals surface area contributed by atoms with Crippen LogP contribution in [0.5, 0.6) is 0 Å². The van der Waals surface area contributed by atoms with E-state index in [4.69, 9.17) is 5.26 Å². The van der Waals surface area contributed by atoms with Gasteiger partial charge < -0.3 is 4.90 Å². The van der Waals surface area contributed by atoms with Crippen LogP contribution in [0.1, 0.15) is 19.4 Å². The minimum atomic E-state index is 0.0401. The molecule has 23 heavy (non-hydrogen) atoms. The van der Waals surface area contributed by atoms with E-state index < -0.39 is 0 Å². The van der Waals surface area contributed by atoms with E-state index >= 15 is 0 Å². The Morgan fingerprint density at radius 1 is 1.22 bits per heavy atom. The molecule has 0 N–H and O–H groups in total. The number of likely N-dealkylation sites (tertiary alicyclic amines) is 2. The first-order chi connectivity index (χ1) is 11.1. The van der Waals surface area contributed by atoms with Gasteiger partial charge >= 0.3 is 0 Å². The Kier molecular flexibility index (Phi) is 4.68. The zero-order chi connectivity index (χ0) is 16.4. The second-order valence-corrected chi connectivity index (χ2v) is 7.26. The SMILES string of the molecule is CC(C)C1CN(Cc2ccccc2)CC1C(=O)N1CC(C#N)C1. The summed E-state index contributed by atoms with van der Waals surface area (Å²) in [4.78, 5) is 17.1. The van der Waals surface area contributed by atoms with E-state index in [0.29, 0.717) is 24.9 Å². The van der Waals surface area contributed by atoms with Crippen molar-refractivity contribution in [2.75, 3.05) is 26.2 Å². The average molecular weight is 311 g/mol. The summed E-state index contributed by atoms with van der Waals surface area (Å²) in [6.45, 7) is 8.40. The Morgan fingerprint density at radius 2 is 1.91 bits per heavy atom. The first-order valence-corrected chi connectivity index (χ1v) is 8.53. The molecule has 0 bridgehead atoms. The number of carbonyl (C=O) groups excluding carboxylic acids is 1. The maximum absolute atomic E-state index is 12.8. The molecule has 2 saturated heterocycles. The van der Waals surface area contributed by atoms with E-state index in [1.807, 2.05) is 11.0 Å². The number of hydrogen-bond acceptors (Lipinski definition) is 3. The van der Waals surface area contributed by atoms with E-state index in [1.165, 1.54) is 5.56 Å². The average Bonchev–Trinajstić information content (AvgIpc) is 2.91. The molecule has 4 heteroatoms. The molecule has 1 aromatic rings. The zero-order valence-corrected chi connectivity index (χ0v) is 14.0. The molecule has 2 fully saturated rings. The predicted molar refractivity (Wildman–Crippen MR) is 89.2 cm³/mol. The second-order valence-electron chi connectivity index (χ2n) is 7.26. The third kappa shape index (κ3) is 3.40. The Bertz CT molecular complexity index is 586. The lowest BCUT2D eigenvalue weighted by Gasteiger charge is -2.38. The van der Waals surface area contributed by atoms with E-state index in [2.05, 4.69) is 49.1 Å². The van der Waals surface area contributed by atoms with Gasteiger partial charge in [0.25, 0.3) is 0 Å².